The Morgan fingerprint density at radius 1 is 0.905 bits per heavy atom. The lowest BCUT2D eigenvalue weighted by Crippen LogP contribution is -2.54. The Kier molecular flexibility index (Phi) is 12.1. The predicted molar refractivity (Wildman–Crippen MR) is 226 cm³/mol. The van der Waals surface area contributed by atoms with Crippen LogP contribution in [0.15, 0.2) is 48.5 Å². The third-order valence-electron chi connectivity index (χ3n) is 12.3. The lowest BCUT2D eigenvalue weighted by atomic mass is 9.81. The van der Waals surface area contributed by atoms with E-state index in [0.29, 0.717) is 49.2 Å². The van der Waals surface area contributed by atoms with Gasteiger partial charge in [0.2, 0.25) is 17.7 Å². The Morgan fingerprint density at radius 2 is 1.63 bits per heavy atom. The summed E-state index contributed by atoms with van der Waals surface area (Å²) in [5.74, 6) is -2.84. The number of imide groups is 2. The van der Waals surface area contributed by atoms with E-state index in [-0.39, 0.29) is 47.4 Å². The van der Waals surface area contributed by atoms with Crippen molar-refractivity contribution in [2.45, 2.75) is 82.5 Å². The number of carbonyl (C=O) groups is 6. The van der Waals surface area contributed by atoms with Crippen LogP contribution in [0.2, 0.25) is 0 Å². The van der Waals surface area contributed by atoms with E-state index in [9.17, 15) is 47.0 Å². The average molecular weight is 889 g/mol. The average Bonchev–Trinajstić information content (AvgIpc) is 3.79. The summed E-state index contributed by atoms with van der Waals surface area (Å²) >= 11 is 1.45. The molecule has 332 valence electrons. The van der Waals surface area contributed by atoms with Crippen LogP contribution in [-0.2, 0) is 26.2 Å². The molecular formula is C44H47F3N8O7S. The van der Waals surface area contributed by atoms with E-state index in [4.69, 9.17) is 4.98 Å². The summed E-state index contributed by atoms with van der Waals surface area (Å²) in [7, 11) is 0. The maximum Gasteiger partial charge on any atom is 0.433 e. The van der Waals surface area contributed by atoms with Crippen molar-refractivity contribution >= 4 is 68.4 Å². The van der Waals surface area contributed by atoms with Gasteiger partial charge < -0.3 is 20.6 Å². The molecule has 0 bridgehead atoms. The number of pyridine rings is 1. The first-order chi connectivity index (χ1) is 30.0. The molecule has 4 aliphatic rings. The molecule has 15 nitrogen and oxygen atoms in total. The number of hydrogen-bond donors (Lipinski definition) is 4. The first kappa shape index (κ1) is 43.8. The fourth-order valence-electron chi connectivity index (χ4n) is 8.91. The number of benzene rings is 2. The predicted octanol–water partition coefficient (Wildman–Crippen LogP) is 5.51. The number of alkyl halides is 3. The number of fused-ring (bicyclic) bond motifs is 2. The zero-order valence-electron chi connectivity index (χ0n) is 34.7. The SMILES string of the molecule is CC(C)(O)c1cc2nc(C3CCC(C(=O)N4CCN(CCCNc5cccc6c5C(=O)N(C5CCC(=O)NC5=O)C6=O)CC4)CC3)sc2cc1NC(=O)c1cccc(C(F)(F)F)n1. The number of rotatable bonds is 11. The second kappa shape index (κ2) is 17.4. The van der Waals surface area contributed by atoms with E-state index < -0.39 is 58.7 Å². The zero-order valence-corrected chi connectivity index (χ0v) is 35.5. The number of piperazine rings is 1. The molecule has 4 aromatic rings. The second-order valence-electron chi connectivity index (χ2n) is 17.0. The molecule has 1 atom stereocenters. The Bertz CT molecular complexity index is 2490. The van der Waals surface area contributed by atoms with Gasteiger partial charge >= 0.3 is 6.18 Å². The van der Waals surface area contributed by atoms with Gasteiger partial charge in [-0.15, -0.1) is 11.3 Å². The lowest BCUT2D eigenvalue weighted by Gasteiger charge is -2.37. The summed E-state index contributed by atoms with van der Waals surface area (Å²) < 4.78 is 40.5. The molecule has 0 spiro atoms. The van der Waals surface area contributed by atoms with Gasteiger partial charge in [0.25, 0.3) is 17.7 Å². The van der Waals surface area contributed by atoms with Crippen LogP contribution < -0.4 is 16.0 Å². The standard InChI is InChI=1S/C44H47F3N8O7S/c1-43(2,62)27-22-31-33(23-30(27)50-37(57)29-8-4-9-34(49-29)44(45,46)47)63-39(51-31)24-10-12-25(13-11-24)40(59)54-20-18-53(19-21-54)17-5-16-48-28-7-3-6-26-36(28)42(61)55(41(26)60)32-14-15-35(56)52-38(32)58/h3-4,6-9,22-25,32,48,62H,5,10-21H2,1-2H3,(H,50,57)(H,52,56,58). The largest absolute Gasteiger partial charge is 0.433 e. The molecule has 19 heteroatoms. The van der Waals surface area contributed by atoms with Gasteiger partial charge in [-0.05, 0) is 95.3 Å². The van der Waals surface area contributed by atoms with Crippen molar-refractivity contribution in [1.82, 2.24) is 30.0 Å². The maximum absolute atomic E-state index is 13.7. The van der Waals surface area contributed by atoms with E-state index >= 15 is 0 Å². The van der Waals surface area contributed by atoms with Crippen LogP contribution in [0.5, 0.6) is 0 Å². The topological polar surface area (TPSA) is 194 Å². The number of hydrogen-bond acceptors (Lipinski definition) is 12. The fourth-order valence-corrected chi connectivity index (χ4v) is 10.1. The minimum absolute atomic E-state index is 0.0500. The Labute approximate surface area is 364 Å². The summed E-state index contributed by atoms with van der Waals surface area (Å²) in [5.41, 5.74) is -0.816. The fraction of sp³-hybridized carbons (Fsp3) is 0.455. The first-order valence-electron chi connectivity index (χ1n) is 21.1. The van der Waals surface area contributed by atoms with E-state index in [1.54, 1.807) is 44.2 Å². The number of carbonyl (C=O) groups excluding carboxylic acids is 6. The number of halogens is 3. The van der Waals surface area contributed by atoms with Crippen molar-refractivity contribution in [1.29, 1.82) is 0 Å². The number of aromatic nitrogens is 2. The van der Waals surface area contributed by atoms with Crippen LogP contribution in [0.4, 0.5) is 24.5 Å². The Hall–Kier alpha value is -5.79. The van der Waals surface area contributed by atoms with Crippen LogP contribution in [0.25, 0.3) is 10.2 Å². The summed E-state index contributed by atoms with van der Waals surface area (Å²) in [6.45, 7) is 7.10. The van der Waals surface area contributed by atoms with Gasteiger partial charge in [-0.1, -0.05) is 12.1 Å². The van der Waals surface area contributed by atoms with E-state index in [2.05, 4.69) is 25.8 Å². The third kappa shape index (κ3) is 9.17. The van der Waals surface area contributed by atoms with Crippen molar-refractivity contribution in [2.75, 3.05) is 49.9 Å². The van der Waals surface area contributed by atoms with Crippen LogP contribution >= 0.6 is 11.3 Å². The van der Waals surface area contributed by atoms with Crippen LogP contribution in [0.3, 0.4) is 0 Å². The Balaban J connectivity index is 0.808. The van der Waals surface area contributed by atoms with Crippen molar-refractivity contribution < 1.29 is 47.0 Å². The number of piperidine rings is 1. The number of aliphatic hydroxyl groups is 1. The van der Waals surface area contributed by atoms with Crippen molar-refractivity contribution in [3.05, 3.63) is 81.6 Å². The third-order valence-corrected chi connectivity index (χ3v) is 13.4. The van der Waals surface area contributed by atoms with Crippen LogP contribution in [0, 0.1) is 5.92 Å². The van der Waals surface area contributed by atoms with Gasteiger partial charge in [-0.2, -0.15) is 13.2 Å². The highest BCUT2D eigenvalue weighted by molar-refractivity contribution is 7.18. The smallest absolute Gasteiger partial charge is 0.386 e. The van der Waals surface area contributed by atoms with Crippen LogP contribution in [-0.4, -0.2) is 111 Å². The highest BCUT2D eigenvalue weighted by atomic mass is 32.1. The zero-order chi connectivity index (χ0) is 44.8. The second-order valence-corrected chi connectivity index (χ2v) is 18.1. The molecule has 8 rings (SSSR count). The molecule has 3 fully saturated rings. The summed E-state index contributed by atoms with van der Waals surface area (Å²) in [6, 6.07) is 10.4. The molecular weight excluding hydrogens is 842 g/mol. The number of nitrogens with zero attached hydrogens (tertiary/aromatic N) is 5. The minimum atomic E-state index is -4.71. The van der Waals surface area contributed by atoms with E-state index in [1.807, 2.05) is 4.90 Å². The quantitative estimate of drug-likeness (QED) is 0.110. The molecule has 3 aliphatic heterocycles. The lowest BCUT2D eigenvalue weighted by molar-refractivity contribution is -0.141. The van der Waals surface area contributed by atoms with Gasteiger partial charge in [-0.25, -0.2) is 9.97 Å². The molecule has 0 radical (unpaired) electrons. The molecule has 63 heavy (non-hydrogen) atoms. The van der Waals surface area contributed by atoms with Gasteiger partial charge in [0.05, 0.1) is 32.0 Å². The van der Waals surface area contributed by atoms with E-state index in [1.165, 1.54) is 17.4 Å². The molecule has 5 heterocycles. The van der Waals surface area contributed by atoms with Gasteiger partial charge in [0.1, 0.15) is 17.4 Å². The van der Waals surface area contributed by atoms with E-state index in [0.717, 1.165) is 65.6 Å². The summed E-state index contributed by atoms with van der Waals surface area (Å²) in [6.07, 6.45) is -0.855. The number of amides is 6. The monoisotopic (exact) mass is 888 g/mol. The van der Waals surface area contributed by atoms with Gasteiger partial charge in [0.15, 0.2) is 0 Å². The number of thiazole rings is 1. The van der Waals surface area contributed by atoms with Gasteiger partial charge in [-0.3, -0.25) is 43.9 Å². The summed E-state index contributed by atoms with van der Waals surface area (Å²) in [5, 5.41) is 20.0. The molecule has 1 unspecified atom stereocenters. The maximum atomic E-state index is 13.7. The molecule has 2 aromatic heterocycles. The molecule has 1 saturated carbocycles. The number of nitrogens with one attached hydrogen (secondary N) is 3. The molecule has 1 aliphatic carbocycles. The Morgan fingerprint density at radius 3 is 2.33 bits per heavy atom. The molecule has 4 N–H and O–H groups in total. The highest BCUT2D eigenvalue weighted by Gasteiger charge is 2.45. The van der Waals surface area contributed by atoms with Crippen LogP contribution in [0.1, 0.15) is 112 Å². The first-order valence-corrected chi connectivity index (χ1v) is 21.9. The molecule has 6 amide bonds. The number of anilines is 2. The van der Waals surface area contributed by atoms with Crippen molar-refractivity contribution in [3.63, 3.8) is 0 Å². The minimum Gasteiger partial charge on any atom is -0.386 e. The normalized spacial score (nSPS) is 21.1. The molecule has 2 saturated heterocycles. The van der Waals surface area contributed by atoms with Crippen molar-refractivity contribution in [3.8, 4) is 0 Å². The summed E-state index contributed by atoms with van der Waals surface area (Å²) in [4.78, 5) is 91.0. The van der Waals surface area contributed by atoms with Crippen molar-refractivity contribution in [2.24, 2.45) is 5.92 Å². The highest BCUT2D eigenvalue weighted by Crippen LogP contribution is 2.42. The van der Waals surface area contributed by atoms with Gasteiger partial charge in [0, 0.05) is 67.9 Å². The molecule has 2 aromatic carbocycles.